The van der Waals surface area contributed by atoms with Crippen molar-refractivity contribution in [3.63, 3.8) is 0 Å². The Kier molecular flexibility index (Phi) is 2.45. The highest BCUT2D eigenvalue weighted by Crippen LogP contribution is 2.31. The summed E-state index contributed by atoms with van der Waals surface area (Å²) in [6, 6.07) is 4.48. The molecule has 0 radical (unpaired) electrons. The number of aryl methyl sites for hydroxylation is 2. The van der Waals surface area contributed by atoms with Gasteiger partial charge in [0, 0.05) is 0 Å². The molecule has 0 fully saturated rings. The molecule has 0 N–H and O–H groups in total. The Bertz CT molecular complexity index is 383. The molecular weight excluding hydrogens is 168 g/mol. The molecule has 1 aromatic carbocycles. The second-order valence-electron chi connectivity index (χ2n) is 4.32. The van der Waals surface area contributed by atoms with E-state index in [-0.39, 0.29) is 0 Å². The summed E-state index contributed by atoms with van der Waals surface area (Å²) in [4.78, 5) is 0. The highest BCUT2D eigenvalue weighted by atomic mass is 14.2. The molecule has 1 aromatic rings. The lowest BCUT2D eigenvalue weighted by Crippen LogP contribution is -1.91. The average molecular weight is 186 g/mol. The summed E-state index contributed by atoms with van der Waals surface area (Å²) >= 11 is 0. The van der Waals surface area contributed by atoms with Gasteiger partial charge in [-0.15, -0.1) is 0 Å². The predicted molar refractivity (Wildman–Crippen MR) is 62.5 cm³/mol. The van der Waals surface area contributed by atoms with Crippen LogP contribution in [0.2, 0.25) is 0 Å². The third-order valence-corrected chi connectivity index (χ3v) is 3.13. The standard InChI is InChI=1S/C14H18/c1-4-5-12-8-13-10(2)6-7-11(3)14(13)9-12/h6-8H,4-5,9H2,1-3H3. The first-order chi connectivity index (χ1) is 6.72. The Labute approximate surface area is 86.7 Å². The monoisotopic (exact) mass is 186 g/mol. The van der Waals surface area contributed by atoms with E-state index >= 15 is 0 Å². The van der Waals surface area contributed by atoms with Gasteiger partial charge in [0.2, 0.25) is 0 Å². The van der Waals surface area contributed by atoms with E-state index in [9.17, 15) is 0 Å². The molecule has 2 rings (SSSR count). The zero-order chi connectivity index (χ0) is 10.1. The molecule has 0 amide bonds. The molecule has 0 heteroatoms. The fourth-order valence-corrected chi connectivity index (χ4v) is 2.29. The summed E-state index contributed by atoms with van der Waals surface area (Å²) in [6.45, 7) is 6.69. The maximum absolute atomic E-state index is 2.40. The first-order valence-electron chi connectivity index (χ1n) is 5.51. The molecule has 1 aliphatic carbocycles. The Hall–Kier alpha value is -1.04. The quantitative estimate of drug-likeness (QED) is 0.654. The average Bonchev–Trinajstić information content (AvgIpc) is 2.57. The molecule has 0 unspecified atom stereocenters. The molecule has 1 aliphatic rings. The van der Waals surface area contributed by atoms with E-state index in [0.717, 1.165) is 0 Å². The Morgan fingerprint density at radius 2 is 1.86 bits per heavy atom. The second kappa shape index (κ2) is 3.61. The van der Waals surface area contributed by atoms with Crippen molar-refractivity contribution in [2.75, 3.05) is 0 Å². The lowest BCUT2D eigenvalue weighted by atomic mass is 9.99. The first kappa shape index (κ1) is 9.51. The molecule has 74 valence electrons. The normalized spacial score (nSPS) is 14.1. The van der Waals surface area contributed by atoms with Crippen molar-refractivity contribution in [2.24, 2.45) is 0 Å². The van der Waals surface area contributed by atoms with Crippen molar-refractivity contribution in [3.8, 4) is 0 Å². The van der Waals surface area contributed by atoms with E-state index in [4.69, 9.17) is 0 Å². The maximum atomic E-state index is 2.40. The van der Waals surface area contributed by atoms with Crippen LogP contribution in [0.15, 0.2) is 17.7 Å². The van der Waals surface area contributed by atoms with Gasteiger partial charge in [-0.2, -0.15) is 0 Å². The summed E-state index contributed by atoms with van der Waals surface area (Å²) in [5.74, 6) is 0. The van der Waals surface area contributed by atoms with Crippen molar-refractivity contribution in [3.05, 3.63) is 40.0 Å². The van der Waals surface area contributed by atoms with E-state index in [1.807, 2.05) is 0 Å². The molecular formula is C14H18. The van der Waals surface area contributed by atoms with Crippen molar-refractivity contribution in [1.82, 2.24) is 0 Å². The van der Waals surface area contributed by atoms with Crippen molar-refractivity contribution in [2.45, 2.75) is 40.0 Å². The minimum absolute atomic E-state index is 1.19. The Morgan fingerprint density at radius 3 is 2.50 bits per heavy atom. The second-order valence-corrected chi connectivity index (χ2v) is 4.32. The molecule has 0 spiro atoms. The van der Waals surface area contributed by atoms with Gasteiger partial charge in [-0.3, -0.25) is 0 Å². The fraction of sp³-hybridized carbons (Fsp3) is 0.429. The molecule has 0 nitrogen and oxygen atoms in total. The van der Waals surface area contributed by atoms with Gasteiger partial charge in [-0.05, 0) is 48.9 Å². The van der Waals surface area contributed by atoms with Gasteiger partial charge >= 0.3 is 0 Å². The third-order valence-electron chi connectivity index (χ3n) is 3.13. The number of hydrogen-bond donors (Lipinski definition) is 0. The zero-order valence-corrected chi connectivity index (χ0v) is 9.35. The van der Waals surface area contributed by atoms with Crippen LogP contribution in [0, 0.1) is 13.8 Å². The van der Waals surface area contributed by atoms with Crippen LogP contribution in [0.1, 0.15) is 42.0 Å². The van der Waals surface area contributed by atoms with E-state index < -0.39 is 0 Å². The number of hydrogen-bond acceptors (Lipinski definition) is 0. The van der Waals surface area contributed by atoms with Gasteiger partial charge in [0.05, 0.1) is 0 Å². The molecule has 0 aliphatic heterocycles. The van der Waals surface area contributed by atoms with Crippen LogP contribution in [0.3, 0.4) is 0 Å². The first-order valence-corrected chi connectivity index (χ1v) is 5.51. The van der Waals surface area contributed by atoms with Crippen LogP contribution in [-0.2, 0) is 6.42 Å². The lowest BCUT2D eigenvalue weighted by molar-refractivity contribution is 0.884. The maximum Gasteiger partial charge on any atom is -0.00551 e. The minimum atomic E-state index is 1.19. The predicted octanol–water partition coefficient (Wildman–Crippen LogP) is 4.04. The van der Waals surface area contributed by atoms with Gasteiger partial charge < -0.3 is 0 Å². The van der Waals surface area contributed by atoms with Crippen molar-refractivity contribution < 1.29 is 0 Å². The third kappa shape index (κ3) is 1.50. The highest BCUT2D eigenvalue weighted by Gasteiger charge is 2.15. The van der Waals surface area contributed by atoms with Gasteiger partial charge in [0.15, 0.2) is 0 Å². The summed E-state index contributed by atoms with van der Waals surface area (Å²) in [5, 5.41) is 0. The minimum Gasteiger partial charge on any atom is -0.0652 e. The number of benzene rings is 1. The summed E-state index contributed by atoms with van der Waals surface area (Å²) in [5.41, 5.74) is 7.55. The lowest BCUT2D eigenvalue weighted by Gasteiger charge is -2.06. The van der Waals surface area contributed by atoms with Gasteiger partial charge in [-0.1, -0.05) is 37.1 Å². The van der Waals surface area contributed by atoms with Crippen LogP contribution in [-0.4, -0.2) is 0 Å². The molecule has 0 aromatic heterocycles. The Balaban J connectivity index is 2.40. The number of rotatable bonds is 2. The van der Waals surface area contributed by atoms with Crippen LogP contribution in [0.25, 0.3) is 6.08 Å². The molecule has 0 bridgehead atoms. The van der Waals surface area contributed by atoms with Crippen LogP contribution >= 0.6 is 0 Å². The Morgan fingerprint density at radius 1 is 1.14 bits per heavy atom. The number of allylic oxidation sites excluding steroid dienone is 1. The summed E-state index contributed by atoms with van der Waals surface area (Å²) in [6.07, 6.45) is 6.11. The van der Waals surface area contributed by atoms with E-state index in [0.29, 0.717) is 0 Å². The van der Waals surface area contributed by atoms with Crippen molar-refractivity contribution >= 4 is 6.08 Å². The molecule has 14 heavy (non-hydrogen) atoms. The van der Waals surface area contributed by atoms with E-state index in [1.165, 1.54) is 36.0 Å². The van der Waals surface area contributed by atoms with E-state index in [1.54, 1.807) is 11.1 Å². The largest absolute Gasteiger partial charge is 0.0652 e. The van der Waals surface area contributed by atoms with Crippen LogP contribution < -0.4 is 0 Å². The molecule has 0 saturated heterocycles. The number of fused-ring (bicyclic) bond motifs is 1. The smallest absolute Gasteiger partial charge is 0.00551 e. The molecule has 0 heterocycles. The van der Waals surface area contributed by atoms with Gasteiger partial charge in [0.1, 0.15) is 0 Å². The van der Waals surface area contributed by atoms with Gasteiger partial charge in [-0.25, -0.2) is 0 Å². The van der Waals surface area contributed by atoms with Crippen LogP contribution in [0.4, 0.5) is 0 Å². The topological polar surface area (TPSA) is 0 Å². The van der Waals surface area contributed by atoms with Crippen molar-refractivity contribution in [1.29, 1.82) is 0 Å². The molecule has 0 atom stereocenters. The summed E-state index contributed by atoms with van der Waals surface area (Å²) < 4.78 is 0. The van der Waals surface area contributed by atoms with E-state index in [2.05, 4.69) is 39.0 Å². The highest BCUT2D eigenvalue weighted by molar-refractivity contribution is 5.68. The van der Waals surface area contributed by atoms with Crippen LogP contribution in [0.5, 0.6) is 0 Å². The fourth-order valence-electron chi connectivity index (χ4n) is 2.29. The van der Waals surface area contributed by atoms with Gasteiger partial charge in [0.25, 0.3) is 0 Å². The summed E-state index contributed by atoms with van der Waals surface area (Å²) in [7, 11) is 0. The SMILES string of the molecule is CCCC1=Cc2c(C)ccc(C)c2C1. The molecule has 0 saturated carbocycles. The zero-order valence-electron chi connectivity index (χ0n) is 9.35.